The van der Waals surface area contributed by atoms with E-state index in [2.05, 4.69) is 10.6 Å². The van der Waals surface area contributed by atoms with E-state index in [1.807, 2.05) is 5.32 Å². The first-order valence-electron chi connectivity index (χ1n) is 13.5. The van der Waals surface area contributed by atoms with Crippen LogP contribution in [0.15, 0.2) is 54.6 Å². The van der Waals surface area contributed by atoms with Gasteiger partial charge < -0.3 is 20.7 Å². The topological polar surface area (TPSA) is 96.5 Å². The van der Waals surface area contributed by atoms with Gasteiger partial charge in [-0.05, 0) is 79.9 Å². The van der Waals surface area contributed by atoms with Crippen molar-refractivity contribution in [1.82, 2.24) is 10.6 Å². The number of rotatable bonds is 6. The molecule has 44 heavy (non-hydrogen) atoms. The van der Waals surface area contributed by atoms with Crippen LogP contribution in [-0.4, -0.2) is 36.0 Å². The second-order valence-electron chi connectivity index (χ2n) is 11.4. The maximum atomic E-state index is 14.7. The first-order chi connectivity index (χ1) is 20.5. The van der Waals surface area contributed by atoms with E-state index in [1.54, 1.807) is 31.2 Å². The normalized spacial score (nSPS) is 21.5. The van der Waals surface area contributed by atoms with Gasteiger partial charge in [0, 0.05) is 33.6 Å². The Bertz CT molecular complexity index is 1680. The molecule has 3 aromatic rings. The van der Waals surface area contributed by atoms with Crippen LogP contribution in [0.25, 0.3) is 0 Å². The van der Waals surface area contributed by atoms with Gasteiger partial charge in [0.05, 0.1) is 6.04 Å². The third kappa shape index (κ3) is 5.70. The highest BCUT2D eigenvalue weighted by Gasteiger charge is 2.62. The molecule has 13 heteroatoms. The lowest BCUT2D eigenvalue weighted by atomic mass is 9.59. The van der Waals surface area contributed by atoms with Crippen molar-refractivity contribution in [2.75, 3.05) is 11.9 Å². The van der Waals surface area contributed by atoms with Gasteiger partial charge >= 0.3 is 6.18 Å². The average molecular weight is 652 g/mol. The number of hydrogen-bond acceptors (Lipinski definition) is 4. The van der Waals surface area contributed by atoms with Gasteiger partial charge in [0.2, 0.25) is 11.8 Å². The SMILES string of the molecule is Cc1ccc(F)cc1[C@@H]1NC(=O)C[C@H](c2cc(Cl)ccc2OC(C)(C)C(=O)NCC(F)(F)F)C12C(=O)Nc1cc(Cl)ccc12. The maximum absolute atomic E-state index is 14.7. The van der Waals surface area contributed by atoms with Gasteiger partial charge in [0.1, 0.15) is 23.5 Å². The highest BCUT2D eigenvalue weighted by atomic mass is 35.5. The fourth-order valence-corrected chi connectivity index (χ4v) is 6.39. The van der Waals surface area contributed by atoms with E-state index in [9.17, 15) is 31.9 Å². The lowest BCUT2D eigenvalue weighted by Crippen LogP contribution is -2.57. The molecule has 3 amide bonds. The second-order valence-corrected chi connectivity index (χ2v) is 12.2. The molecule has 2 aliphatic heterocycles. The van der Waals surface area contributed by atoms with Crippen molar-refractivity contribution in [3.63, 3.8) is 0 Å². The van der Waals surface area contributed by atoms with Crippen LogP contribution < -0.4 is 20.7 Å². The molecule has 0 bridgehead atoms. The Morgan fingerprint density at radius 2 is 1.70 bits per heavy atom. The minimum absolute atomic E-state index is 0.0190. The van der Waals surface area contributed by atoms with Gasteiger partial charge in [-0.15, -0.1) is 0 Å². The smallest absolute Gasteiger partial charge is 0.405 e. The van der Waals surface area contributed by atoms with Crippen molar-refractivity contribution in [3.05, 3.63) is 92.7 Å². The molecular formula is C31H27Cl2F4N3O4. The summed E-state index contributed by atoms with van der Waals surface area (Å²) in [7, 11) is 0. The van der Waals surface area contributed by atoms with Crippen LogP contribution in [0.5, 0.6) is 5.75 Å². The Balaban J connectivity index is 1.71. The van der Waals surface area contributed by atoms with Gasteiger partial charge in [-0.1, -0.05) is 35.3 Å². The van der Waals surface area contributed by atoms with Gasteiger partial charge in [-0.2, -0.15) is 13.2 Å². The first-order valence-corrected chi connectivity index (χ1v) is 14.3. The van der Waals surface area contributed by atoms with Crippen molar-refractivity contribution in [1.29, 1.82) is 0 Å². The van der Waals surface area contributed by atoms with Crippen molar-refractivity contribution in [2.24, 2.45) is 0 Å². The summed E-state index contributed by atoms with van der Waals surface area (Å²) in [6.45, 7) is 2.74. The predicted octanol–water partition coefficient (Wildman–Crippen LogP) is 6.51. The Kier molecular flexibility index (Phi) is 8.09. The Hall–Kier alpha value is -3.83. The summed E-state index contributed by atoms with van der Waals surface area (Å²) in [5.41, 5.74) is -1.34. The standard InChI is InChI=1S/C31H27Cl2F4N3O4/c1-15-4-7-18(34)12-19(15)26-31(21-8-5-17(33)11-23(21)39-28(31)43)22(13-25(41)40-26)20-10-16(32)6-9-24(20)44-29(2,3)27(42)38-14-30(35,36)37/h4-12,22,26H,13-14H2,1-3H3,(H,38,42)(H,39,43)(H,40,41)/t22-,26+,31?/m1/s1. The molecule has 0 aromatic heterocycles. The minimum Gasteiger partial charge on any atom is -0.478 e. The molecular weight excluding hydrogens is 625 g/mol. The fourth-order valence-electron chi connectivity index (χ4n) is 6.04. The highest BCUT2D eigenvalue weighted by molar-refractivity contribution is 6.31. The summed E-state index contributed by atoms with van der Waals surface area (Å²) < 4.78 is 59.2. The minimum atomic E-state index is -4.64. The molecule has 2 heterocycles. The van der Waals surface area contributed by atoms with E-state index in [0.717, 1.165) is 0 Å². The molecule has 1 unspecified atom stereocenters. The fraction of sp³-hybridized carbons (Fsp3) is 0.323. The third-order valence-corrected chi connectivity index (χ3v) is 8.48. The molecule has 5 rings (SSSR count). The zero-order valence-corrected chi connectivity index (χ0v) is 25.2. The largest absolute Gasteiger partial charge is 0.478 e. The number of carbonyl (C=O) groups excluding carboxylic acids is 3. The predicted molar refractivity (Wildman–Crippen MR) is 156 cm³/mol. The van der Waals surface area contributed by atoms with E-state index in [4.69, 9.17) is 27.9 Å². The Morgan fingerprint density at radius 3 is 2.41 bits per heavy atom. The molecule has 1 spiro atoms. The number of hydrogen-bond donors (Lipinski definition) is 3. The van der Waals surface area contributed by atoms with Gasteiger partial charge in [-0.3, -0.25) is 14.4 Å². The summed E-state index contributed by atoms with van der Waals surface area (Å²) in [5.74, 6) is -3.58. The Labute approximate surface area is 260 Å². The van der Waals surface area contributed by atoms with Crippen LogP contribution in [0, 0.1) is 12.7 Å². The zero-order chi connectivity index (χ0) is 32.2. The van der Waals surface area contributed by atoms with Crippen LogP contribution in [0.2, 0.25) is 10.0 Å². The van der Waals surface area contributed by atoms with Crippen LogP contribution in [0.1, 0.15) is 54.5 Å². The van der Waals surface area contributed by atoms with E-state index < -0.39 is 59.2 Å². The molecule has 3 aromatic carbocycles. The van der Waals surface area contributed by atoms with E-state index in [1.165, 1.54) is 44.2 Å². The summed E-state index contributed by atoms with van der Waals surface area (Å²) in [5, 5.41) is 8.15. The highest BCUT2D eigenvalue weighted by Crippen LogP contribution is 2.59. The molecule has 1 saturated heterocycles. The monoisotopic (exact) mass is 651 g/mol. The summed E-state index contributed by atoms with van der Waals surface area (Å²) in [4.78, 5) is 40.5. The van der Waals surface area contributed by atoms with E-state index >= 15 is 0 Å². The second kappa shape index (κ2) is 11.3. The zero-order valence-electron chi connectivity index (χ0n) is 23.7. The molecule has 0 aliphatic carbocycles. The van der Waals surface area contributed by atoms with Crippen LogP contribution in [-0.2, 0) is 19.8 Å². The van der Waals surface area contributed by atoms with Crippen LogP contribution >= 0.6 is 23.2 Å². The number of nitrogens with one attached hydrogen (secondary N) is 3. The molecule has 2 aliphatic rings. The van der Waals surface area contributed by atoms with Gasteiger partial charge in [0.15, 0.2) is 5.60 Å². The molecule has 7 nitrogen and oxygen atoms in total. The van der Waals surface area contributed by atoms with Crippen LogP contribution in [0.4, 0.5) is 23.2 Å². The van der Waals surface area contributed by atoms with E-state index in [-0.39, 0.29) is 22.8 Å². The number of carbonyl (C=O) groups is 3. The van der Waals surface area contributed by atoms with Crippen molar-refractivity contribution in [3.8, 4) is 5.75 Å². The van der Waals surface area contributed by atoms with E-state index in [0.29, 0.717) is 27.4 Å². The maximum Gasteiger partial charge on any atom is 0.405 e. The average Bonchev–Trinajstić information content (AvgIpc) is 3.21. The van der Waals surface area contributed by atoms with Crippen molar-refractivity contribution in [2.45, 2.75) is 56.3 Å². The van der Waals surface area contributed by atoms with Crippen LogP contribution in [0.3, 0.4) is 0 Å². The number of ether oxygens (including phenoxy) is 1. The number of fused-ring (bicyclic) bond motifs is 2. The van der Waals surface area contributed by atoms with Gasteiger partial charge in [-0.25, -0.2) is 4.39 Å². The van der Waals surface area contributed by atoms with Crippen molar-refractivity contribution < 1.29 is 36.7 Å². The Morgan fingerprint density at radius 1 is 1.02 bits per heavy atom. The summed E-state index contributed by atoms with van der Waals surface area (Å²) in [6.07, 6.45) is -4.90. The number of aryl methyl sites for hydroxylation is 1. The molecule has 3 atom stereocenters. The van der Waals surface area contributed by atoms with Crippen molar-refractivity contribution >= 4 is 46.6 Å². The molecule has 1 fully saturated rings. The number of amides is 3. The number of alkyl halides is 3. The summed E-state index contributed by atoms with van der Waals surface area (Å²) in [6, 6.07) is 12.2. The lowest BCUT2D eigenvalue weighted by Gasteiger charge is -2.47. The quantitative estimate of drug-likeness (QED) is 0.265. The number of halogens is 6. The van der Waals surface area contributed by atoms with Gasteiger partial charge in [0.25, 0.3) is 5.91 Å². The molecule has 0 saturated carbocycles. The summed E-state index contributed by atoms with van der Waals surface area (Å²) >= 11 is 12.7. The molecule has 232 valence electrons. The first kappa shape index (κ1) is 31.6. The lowest BCUT2D eigenvalue weighted by molar-refractivity contribution is -0.146. The number of anilines is 1. The number of piperidine rings is 1. The molecule has 0 radical (unpaired) electrons. The molecule has 3 N–H and O–H groups in total. The number of benzene rings is 3. The third-order valence-electron chi connectivity index (χ3n) is 8.01.